The number of aromatic amines is 1. The van der Waals surface area contributed by atoms with E-state index >= 15 is 0 Å². The molecule has 5 aliphatic carbocycles. The van der Waals surface area contributed by atoms with Gasteiger partial charge in [0.25, 0.3) is 11.1 Å². The van der Waals surface area contributed by atoms with Crippen molar-refractivity contribution in [3.63, 3.8) is 0 Å². The third-order valence-corrected chi connectivity index (χ3v) is 14.0. The lowest BCUT2D eigenvalue weighted by atomic mass is 9.70. The topological polar surface area (TPSA) is 64.7 Å². The van der Waals surface area contributed by atoms with Crippen molar-refractivity contribution >= 4 is 0 Å². The Kier molecular flexibility index (Phi) is 6.10. The molecule has 2 heterocycles. The number of aromatic nitrogens is 4. The van der Waals surface area contributed by atoms with Crippen LogP contribution in [-0.2, 0) is 17.4 Å². The van der Waals surface area contributed by atoms with Crippen LogP contribution in [0.3, 0.4) is 0 Å². The first kappa shape index (κ1) is 28.9. The third-order valence-electron chi connectivity index (χ3n) is 14.0. The molecule has 0 saturated heterocycles. The highest BCUT2D eigenvalue weighted by Gasteiger charge is 2.63. The Morgan fingerprint density at radius 1 is 0.689 bits per heavy atom. The van der Waals surface area contributed by atoms with Gasteiger partial charge in [-0.05, 0) is 91.4 Å². The standard InChI is InChI=1S/C22H28N2O.C17H20N2O/c1-21(2)17-12-13-22(21,3)19-18(17)20(25)24(16-10-5-4-6-11-16)23(19)14-15-8-7-9-15;1-16(2)12-9-10-17(16,3)14-13(12)15(20)19(18-14)11-7-5-4-6-8-11/h4-6,10-11,15,17H,7-9,12-14H2,1-3H3;4-8,12,18H,9-10H2,1-3H3/t17-,22+;12-,17+/m11/s1. The fourth-order valence-electron chi connectivity index (χ4n) is 10.2. The number of nitrogens with zero attached hydrogens (tertiary/aromatic N) is 3. The Hall–Kier alpha value is -3.54. The zero-order valence-electron chi connectivity index (χ0n) is 27.8. The van der Waals surface area contributed by atoms with E-state index in [0.29, 0.717) is 11.8 Å². The Balaban J connectivity index is 0.000000137. The Morgan fingerprint density at radius 3 is 1.82 bits per heavy atom. The van der Waals surface area contributed by atoms with Crippen molar-refractivity contribution in [3.05, 3.63) is 104 Å². The molecule has 45 heavy (non-hydrogen) atoms. The van der Waals surface area contributed by atoms with Crippen LogP contribution in [0.5, 0.6) is 0 Å². The lowest BCUT2D eigenvalue weighted by molar-refractivity contribution is 0.200. The summed E-state index contributed by atoms with van der Waals surface area (Å²) in [7, 11) is 0. The van der Waals surface area contributed by atoms with Crippen LogP contribution in [0.25, 0.3) is 11.4 Å². The van der Waals surface area contributed by atoms with Gasteiger partial charge < -0.3 is 0 Å². The zero-order valence-corrected chi connectivity index (χ0v) is 27.8. The second kappa shape index (κ2) is 9.49. The first-order chi connectivity index (χ1) is 21.4. The molecule has 0 spiro atoms. The smallest absolute Gasteiger partial charge is 0.275 e. The molecule has 0 unspecified atom stereocenters. The summed E-state index contributed by atoms with van der Waals surface area (Å²) < 4.78 is 6.10. The van der Waals surface area contributed by atoms with E-state index in [0.717, 1.165) is 47.8 Å². The molecule has 4 bridgehead atoms. The molecular formula is C39H48N4O2. The van der Waals surface area contributed by atoms with Crippen molar-refractivity contribution in [1.29, 1.82) is 0 Å². The molecule has 6 nitrogen and oxygen atoms in total. The van der Waals surface area contributed by atoms with Gasteiger partial charge in [0.2, 0.25) is 0 Å². The van der Waals surface area contributed by atoms with E-state index in [4.69, 9.17) is 0 Å². The summed E-state index contributed by atoms with van der Waals surface area (Å²) in [5.41, 5.74) is 7.61. The second-order valence-electron chi connectivity index (χ2n) is 16.3. The van der Waals surface area contributed by atoms with Gasteiger partial charge in [0.1, 0.15) is 0 Å². The Morgan fingerprint density at radius 2 is 1.24 bits per heavy atom. The highest BCUT2D eigenvalue weighted by Crippen LogP contribution is 2.68. The van der Waals surface area contributed by atoms with Gasteiger partial charge in [-0.3, -0.25) is 19.4 Å². The van der Waals surface area contributed by atoms with Gasteiger partial charge in [0, 0.05) is 34.2 Å². The molecule has 3 saturated carbocycles. The summed E-state index contributed by atoms with van der Waals surface area (Å²) in [4.78, 5) is 26.3. The first-order valence-corrected chi connectivity index (χ1v) is 17.2. The molecule has 6 heteroatoms. The maximum Gasteiger partial charge on any atom is 0.275 e. The van der Waals surface area contributed by atoms with E-state index in [-0.39, 0.29) is 32.8 Å². The number of benzene rings is 2. The maximum atomic E-state index is 13.5. The molecule has 0 amide bonds. The van der Waals surface area contributed by atoms with E-state index < -0.39 is 0 Å². The van der Waals surface area contributed by atoms with Crippen molar-refractivity contribution in [3.8, 4) is 11.4 Å². The molecule has 4 aromatic rings. The highest BCUT2D eigenvalue weighted by atomic mass is 16.1. The fraction of sp³-hybridized carbons (Fsp3) is 0.538. The lowest BCUT2D eigenvalue weighted by Crippen LogP contribution is -2.37. The quantitative estimate of drug-likeness (QED) is 0.257. The number of rotatable bonds is 4. The maximum absolute atomic E-state index is 13.5. The second-order valence-corrected chi connectivity index (χ2v) is 16.3. The number of hydrogen-bond donors (Lipinski definition) is 1. The van der Waals surface area contributed by atoms with Crippen LogP contribution in [0.4, 0.5) is 0 Å². The van der Waals surface area contributed by atoms with Crippen molar-refractivity contribution < 1.29 is 0 Å². The number of H-pyrrole nitrogens is 1. The van der Waals surface area contributed by atoms with Gasteiger partial charge in [0.05, 0.1) is 17.1 Å². The van der Waals surface area contributed by atoms with Gasteiger partial charge in [-0.25, -0.2) is 9.36 Å². The molecule has 2 aromatic carbocycles. The first-order valence-electron chi connectivity index (χ1n) is 17.2. The number of nitrogens with one attached hydrogen (secondary N) is 1. The van der Waals surface area contributed by atoms with E-state index in [9.17, 15) is 9.59 Å². The highest BCUT2D eigenvalue weighted by molar-refractivity contribution is 5.48. The van der Waals surface area contributed by atoms with Gasteiger partial charge >= 0.3 is 0 Å². The zero-order chi connectivity index (χ0) is 31.5. The molecule has 5 aliphatic rings. The molecule has 3 fully saturated rings. The molecule has 2 aromatic heterocycles. The van der Waals surface area contributed by atoms with Crippen LogP contribution in [-0.4, -0.2) is 19.1 Å². The largest absolute Gasteiger partial charge is 0.294 e. The van der Waals surface area contributed by atoms with E-state index in [1.165, 1.54) is 43.5 Å². The van der Waals surface area contributed by atoms with E-state index in [1.807, 2.05) is 53.2 Å². The van der Waals surface area contributed by atoms with E-state index in [1.54, 1.807) is 4.68 Å². The van der Waals surface area contributed by atoms with Crippen molar-refractivity contribution in [1.82, 2.24) is 19.1 Å². The van der Waals surface area contributed by atoms with Crippen molar-refractivity contribution in [2.45, 2.75) is 116 Å². The van der Waals surface area contributed by atoms with E-state index in [2.05, 4.69) is 63.5 Å². The van der Waals surface area contributed by atoms with Gasteiger partial charge in [0.15, 0.2) is 0 Å². The summed E-state index contributed by atoms with van der Waals surface area (Å²) >= 11 is 0. The summed E-state index contributed by atoms with van der Waals surface area (Å²) in [5.74, 6) is 1.55. The Bertz CT molecular complexity index is 1900. The summed E-state index contributed by atoms with van der Waals surface area (Å²) in [6, 6.07) is 20.1. The van der Waals surface area contributed by atoms with Crippen LogP contribution >= 0.6 is 0 Å². The van der Waals surface area contributed by atoms with Gasteiger partial charge in [-0.15, -0.1) is 0 Å². The minimum Gasteiger partial charge on any atom is -0.294 e. The average Bonchev–Trinajstić information content (AvgIpc) is 3.72. The Labute approximate surface area is 266 Å². The minimum atomic E-state index is 0.103. The summed E-state index contributed by atoms with van der Waals surface area (Å²) in [5, 5.41) is 3.41. The monoisotopic (exact) mass is 604 g/mol. The van der Waals surface area contributed by atoms with Crippen LogP contribution < -0.4 is 11.1 Å². The molecule has 0 radical (unpaired) electrons. The third kappa shape index (κ3) is 3.63. The van der Waals surface area contributed by atoms with Gasteiger partial charge in [-0.1, -0.05) is 84.4 Å². The van der Waals surface area contributed by atoms with Crippen LogP contribution in [0.15, 0.2) is 70.3 Å². The number of fused-ring (bicyclic) bond motifs is 10. The fourth-order valence-corrected chi connectivity index (χ4v) is 10.2. The molecule has 236 valence electrons. The number of hydrogen-bond acceptors (Lipinski definition) is 2. The molecule has 1 N–H and O–H groups in total. The summed E-state index contributed by atoms with van der Waals surface area (Å²) in [6.07, 6.45) is 8.63. The van der Waals surface area contributed by atoms with Crippen LogP contribution in [0.1, 0.15) is 121 Å². The van der Waals surface area contributed by atoms with Crippen LogP contribution in [0, 0.1) is 16.7 Å². The van der Waals surface area contributed by atoms with Crippen molar-refractivity contribution in [2.75, 3.05) is 0 Å². The number of para-hydroxylation sites is 2. The predicted octanol–water partition coefficient (Wildman–Crippen LogP) is 7.95. The molecular weight excluding hydrogens is 556 g/mol. The average molecular weight is 605 g/mol. The normalized spacial score (nSPS) is 29.6. The minimum absolute atomic E-state index is 0.103. The predicted molar refractivity (Wildman–Crippen MR) is 180 cm³/mol. The van der Waals surface area contributed by atoms with Crippen molar-refractivity contribution in [2.24, 2.45) is 16.7 Å². The lowest BCUT2D eigenvalue weighted by Gasteiger charge is -2.37. The summed E-state index contributed by atoms with van der Waals surface area (Å²) in [6.45, 7) is 15.1. The van der Waals surface area contributed by atoms with Crippen LogP contribution in [0.2, 0.25) is 0 Å². The molecule has 0 aliphatic heterocycles. The molecule has 4 atom stereocenters. The molecule has 9 rings (SSSR count). The SMILES string of the molecule is CC1(C)[C@@H]2CC[C@@]1(C)c1[nH]n(-c3ccccc3)c(=O)c12.CC1(C)[C@@H]2CC[C@@]1(C)c1c2c(=O)n(-c2ccccc2)n1CC1CCC1. The van der Waals surface area contributed by atoms with Gasteiger partial charge in [-0.2, -0.15) is 0 Å².